The number of rotatable bonds is 7. The number of carbonyl (C=O) groups is 1. The van der Waals surface area contributed by atoms with Crippen LogP contribution in [0.1, 0.15) is 28.8 Å². The van der Waals surface area contributed by atoms with E-state index in [2.05, 4.69) is 10.0 Å². The summed E-state index contributed by atoms with van der Waals surface area (Å²) in [5, 5.41) is 3.27. The molecule has 1 aliphatic heterocycles. The number of sulfonamides is 1. The lowest BCUT2D eigenvalue weighted by Gasteiger charge is -2.37. The molecule has 1 aromatic carbocycles. The smallest absolute Gasteiger partial charge is 0.249 e. The minimum Gasteiger partial charge on any atom is -0.384 e. The van der Waals surface area contributed by atoms with Crippen LogP contribution < -0.4 is 15.8 Å². The Kier molecular flexibility index (Phi) is 7.83. The monoisotopic (exact) mass is 391 g/mol. The van der Waals surface area contributed by atoms with Gasteiger partial charge < -0.3 is 15.8 Å². The lowest BCUT2D eigenvalue weighted by atomic mass is 9.80. The number of methoxy groups -OCH3 is 1. The number of nitrogens with two attached hydrogens (primary N) is 1. The summed E-state index contributed by atoms with van der Waals surface area (Å²) < 4.78 is 33.1. The number of halogens is 1. The molecule has 9 heteroatoms. The molecule has 0 aliphatic carbocycles. The highest BCUT2D eigenvalue weighted by Gasteiger charge is 2.33. The molecule has 7 nitrogen and oxygen atoms in total. The minimum atomic E-state index is -3.72. The van der Waals surface area contributed by atoms with Gasteiger partial charge >= 0.3 is 0 Å². The van der Waals surface area contributed by atoms with Crippen LogP contribution in [0.4, 0.5) is 0 Å². The number of piperidine rings is 1. The molecule has 0 saturated carbocycles. The number of aryl methyl sites for hydroxylation is 1. The molecular formula is C16H26ClN3O4S. The molecule has 0 spiro atoms. The molecule has 25 heavy (non-hydrogen) atoms. The molecule has 1 saturated heterocycles. The molecule has 1 fully saturated rings. The van der Waals surface area contributed by atoms with Crippen molar-refractivity contribution in [3.8, 4) is 0 Å². The van der Waals surface area contributed by atoms with Gasteiger partial charge in [-0.25, -0.2) is 13.1 Å². The van der Waals surface area contributed by atoms with E-state index in [0.717, 1.165) is 25.9 Å². The average Bonchev–Trinajstić information content (AvgIpc) is 2.54. The SMILES string of the molecule is COCC1(CNS(=O)(=O)c2ccc(C)c(C(N)=O)c2)CCNCC1.Cl. The van der Waals surface area contributed by atoms with Gasteiger partial charge in [-0.1, -0.05) is 6.07 Å². The predicted octanol–water partition coefficient (Wildman–Crippen LogP) is 0.810. The lowest BCUT2D eigenvalue weighted by molar-refractivity contribution is 0.0577. The number of amides is 1. The molecule has 0 aromatic heterocycles. The second-order valence-corrected chi connectivity index (χ2v) is 8.12. The fourth-order valence-corrected chi connectivity index (χ4v) is 4.18. The number of ether oxygens (including phenoxy) is 1. The van der Waals surface area contributed by atoms with Crippen molar-refractivity contribution in [3.05, 3.63) is 29.3 Å². The summed E-state index contributed by atoms with van der Waals surface area (Å²) in [5.41, 5.74) is 5.95. The van der Waals surface area contributed by atoms with Gasteiger partial charge in [-0.15, -0.1) is 12.4 Å². The molecule has 0 radical (unpaired) electrons. The third-order valence-corrected chi connectivity index (χ3v) is 5.94. The van der Waals surface area contributed by atoms with Gasteiger partial charge in [-0.2, -0.15) is 0 Å². The Balaban J connectivity index is 0.00000312. The molecule has 1 aromatic rings. The fraction of sp³-hybridized carbons (Fsp3) is 0.562. The number of primary amides is 1. The van der Waals surface area contributed by atoms with E-state index in [1.807, 2.05) is 0 Å². The number of hydrogen-bond donors (Lipinski definition) is 3. The first-order valence-corrected chi connectivity index (χ1v) is 9.38. The number of hydrogen-bond acceptors (Lipinski definition) is 5. The van der Waals surface area contributed by atoms with Crippen molar-refractivity contribution < 1.29 is 17.9 Å². The molecule has 1 amide bonds. The van der Waals surface area contributed by atoms with Crippen molar-refractivity contribution in [3.63, 3.8) is 0 Å². The standard InChI is InChI=1S/C16H25N3O4S.ClH/c1-12-3-4-13(9-14(12)15(17)20)24(21,22)19-10-16(11-23-2)5-7-18-8-6-16;/h3-4,9,18-19H,5-8,10-11H2,1-2H3,(H2,17,20);1H. The molecule has 1 heterocycles. The largest absolute Gasteiger partial charge is 0.384 e. The summed E-state index contributed by atoms with van der Waals surface area (Å²) in [6, 6.07) is 4.39. The molecule has 0 bridgehead atoms. The lowest BCUT2D eigenvalue weighted by Crippen LogP contribution is -2.47. The Hall–Kier alpha value is -1.19. The quantitative estimate of drug-likeness (QED) is 0.637. The molecule has 2 rings (SSSR count). The third kappa shape index (κ3) is 5.39. The van der Waals surface area contributed by atoms with Crippen LogP contribution in [0.25, 0.3) is 0 Å². The van der Waals surface area contributed by atoms with E-state index in [1.54, 1.807) is 20.1 Å². The first kappa shape index (κ1) is 21.9. The maximum absolute atomic E-state index is 12.6. The van der Waals surface area contributed by atoms with Crippen LogP contribution in [0, 0.1) is 12.3 Å². The van der Waals surface area contributed by atoms with Crippen LogP contribution in [-0.4, -0.2) is 47.7 Å². The first-order chi connectivity index (χ1) is 11.3. The maximum atomic E-state index is 12.6. The van der Waals surface area contributed by atoms with E-state index in [0.29, 0.717) is 18.7 Å². The Morgan fingerprint density at radius 1 is 1.36 bits per heavy atom. The van der Waals surface area contributed by atoms with E-state index < -0.39 is 15.9 Å². The van der Waals surface area contributed by atoms with Crippen LogP contribution in [0.15, 0.2) is 23.1 Å². The van der Waals surface area contributed by atoms with Crippen LogP contribution in [0.3, 0.4) is 0 Å². The second kappa shape index (κ2) is 8.95. The number of carbonyl (C=O) groups excluding carboxylic acids is 1. The highest BCUT2D eigenvalue weighted by molar-refractivity contribution is 7.89. The Labute approximate surface area is 155 Å². The zero-order valence-corrected chi connectivity index (χ0v) is 16.1. The molecule has 0 atom stereocenters. The second-order valence-electron chi connectivity index (χ2n) is 6.35. The van der Waals surface area contributed by atoms with E-state index >= 15 is 0 Å². The van der Waals surface area contributed by atoms with Gasteiger partial charge in [0.05, 0.1) is 11.5 Å². The zero-order valence-electron chi connectivity index (χ0n) is 14.5. The summed E-state index contributed by atoms with van der Waals surface area (Å²) in [6.45, 7) is 4.18. The van der Waals surface area contributed by atoms with Gasteiger partial charge in [-0.3, -0.25) is 4.79 Å². The van der Waals surface area contributed by atoms with Gasteiger partial charge in [0.15, 0.2) is 0 Å². The summed E-state index contributed by atoms with van der Waals surface area (Å²) in [4.78, 5) is 11.5. The van der Waals surface area contributed by atoms with E-state index in [1.165, 1.54) is 12.1 Å². The Morgan fingerprint density at radius 3 is 2.56 bits per heavy atom. The van der Waals surface area contributed by atoms with Crippen LogP contribution in [0.2, 0.25) is 0 Å². The van der Waals surface area contributed by atoms with Gasteiger partial charge in [0.1, 0.15) is 0 Å². The molecular weight excluding hydrogens is 366 g/mol. The van der Waals surface area contributed by atoms with Crippen LogP contribution in [-0.2, 0) is 14.8 Å². The van der Waals surface area contributed by atoms with Crippen molar-refractivity contribution in [2.24, 2.45) is 11.1 Å². The molecule has 4 N–H and O–H groups in total. The van der Waals surface area contributed by atoms with Crippen molar-refractivity contribution in [1.29, 1.82) is 0 Å². The van der Waals surface area contributed by atoms with Gasteiger partial charge in [0.2, 0.25) is 15.9 Å². The first-order valence-electron chi connectivity index (χ1n) is 7.89. The van der Waals surface area contributed by atoms with Crippen molar-refractivity contribution in [1.82, 2.24) is 10.0 Å². The number of nitrogens with one attached hydrogen (secondary N) is 2. The van der Waals surface area contributed by atoms with E-state index in [-0.39, 0.29) is 28.3 Å². The Bertz CT molecular complexity index is 698. The fourth-order valence-electron chi connectivity index (χ4n) is 3.00. The van der Waals surface area contributed by atoms with Gasteiger partial charge in [-0.05, 0) is 50.6 Å². The topological polar surface area (TPSA) is 111 Å². The average molecular weight is 392 g/mol. The highest BCUT2D eigenvalue weighted by Crippen LogP contribution is 2.29. The highest BCUT2D eigenvalue weighted by atomic mass is 35.5. The van der Waals surface area contributed by atoms with E-state index in [4.69, 9.17) is 10.5 Å². The zero-order chi connectivity index (χ0) is 17.8. The molecule has 1 aliphatic rings. The van der Waals surface area contributed by atoms with Crippen LogP contribution >= 0.6 is 12.4 Å². The number of benzene rings is 1. The molecule has 0 unspecified atom stereocenters. The third-order valence-electron chi connectivity index (χ3n) is 4.54. The van der Waals surface area contributed by atoms with E-state index in [9.17, 15) is 13.2 Å². The predicted molar refractivity (Wildman–Crippen MR) is 98.5 cm³/mol. The van der Waals surface area contributed by atoms with Crippen LogP contribution in [0.5, 0.6) is 0 Å². The molecule has 142 valence electrons. The Morgan fingerprint density at radius 2 is 2.00 bits per heavy atom. The minimum absolute atomic E-state index is 0. The van der Waals surface area contributed by atoms with Gasteiger partial charge in [0.25, 0.3) is 0 Å². The maximum Gasteiger partial charge on any atom is 0.249 e. The summed E-state index contributed by atoms with van der Waals surface area (Å²) in [6.07, 6.45) is 1.67. The van der Waals surface area contributed by atoms with Crippen molar-refractivity contribution in [2.45, 2.75) is 24.7 Å². The van der Waals surface area contributed by atoms with Gasteiger partial charge in [0, 0.05) is 24.6 Å². The summed E-state index contributed by atoms with van der Waals surface area (Å²) in [5.74, 6) is -0.640. The summed E-state index contributed by atoms with van der Waals surface area (Å²) >= 11 is 0. The summed E-state index contributed by atoms with van der Waals surface area (Å²) in [7, 11) is -2.10. The normalized spacial score (nSPS) is 16.9. The van der Waals surface area contributed by atoms with Crippen molar-refractivity contribution >= 4 is 28.3 Å². The van der Waals surface area contributed by atoms with Crippen molar-refractivity contribution in [2.75, 3.05) is 33.4 Å².